The second kappa shape index (κ2) is 14.1. The van der Waals surface area contributed by atoms with E-state index in [-0.39, 0.29) is 29.1 Å². The zero-order valence-corrected chi connectivity index (χ0v) is 31.3. The van der Waals surface area contributed by atoms with Crippen LogP contribution in [0, 0.1) is 16.2 Å². The molecule has 6 rings (SSSR count). The highest BCUT2D eigenvalue weighted by molar-refractivity contribution is 5.96. The minimum atomic E-state index is -4.94. The summed E-state index contributed by atoms with van der Waals surface area (Å²) in [6.07, 6.45) is 11.1. The summed E-state index contributed by atoms with van der Waals surface area (Å²) < 4.78 is 49.2. The van der Waals surface area contributed by atoms with Gasteiger partial charge in [0.2, 0.25) is 5.36 Å². The summed E-state index contributed by atoms with van der Waals surface area (Å²) in [5.41, 5.74) is 8.66. The van der Waals surface area contributed by atoms with Crippen molar-refractivity contribution in [2.75, 3.05) is 19.7 Å². The Balaban J connectivity index is 0.000000908. The van der Waals surface area contributed by atoms with Crippen LogP contribution in [-0.2, 0) is 4.74 Å². The van der Waals surface area contributed by atoms with E-state index in [2.05, 4.69) is 114 Å². The summed E-state index contributed by atoms with van der Waals surface area (Å²) in [5.74, 6) is 0.521. The van der Waals surface area contributed by atoms with Crippen LogP contribution in [-0.4, -0.2) is 47.7 Å². The van der Waals surface area contributed by atoms with Crippen LogP contribution in [0.2, 0.25) is 0 Å². The lowest BCUT2D eigenvalue weighted by atomic mass is 9.75. The first-order valence-electron chi connectivity index (χ1n) is 17.4. The van der Waals surface area contributed by atoms with Gasteiger partial charge in [-0.2, -0.15) is 0 Å². The van der Waals surface area contributed by atoms with E-state index >= 15 is 0 Å². The lowest BCUT2D eigenvalue weighted by molar-refractivity contribution is -2.00. The van der Waals surface area contributed by atoms with E-state index in [1.54, 1.807) is 0 Å². The van der Waals surface area contributed by atoms with E-state index in [9.17, 15) is 4.79 Å². The molecule has 50 heavy (non-hydrogen) atoms. The number of likely N-dealkylation sites (N-methyl/N-ethyl adjacent to an activating group) is 2. The molecule has 1 aliphatic carbocycles. The lowest BCUT2D eigenvalue weighted by Gasteiger charge is -2.47. The molecule has 2 aromatic carbocycles. The fourth-order valence-corrected chi connectivity index (χ4v) is 8.13. The highest BCUT2D eigenvalue weighted by atomic mass is 35.7. The molecular formula is C40H49ClN2O7. The highest BCUT2D eigenvalue weighted by Crippen LogP contribution is 2.45. The van der Waals surface area contributed by atoms with Gasteiger partial charge in [-0.3, -0.25) is 0 Å². The first kappa shape index (κ1) is 37.5. The number of unbranched alkanes of at least 4 members (excludes halogenated alkanes) is 1. The monoisotopic (exact) mass is 704 g/mol. The quantitative estimate of drug-likeness (QED) is 0.243. The molecule has 9 nitrogen and oxygen atoms in total. The molecule has 0 N–H and O–H groups in total. The second-order valence-electron chi connectivity index (χ2n) is 14.4. The zero-order chi connectivity index (χ0) is 36.8. The van der Waals surface area contributed by atoms with Gasteiger partial charge in [-0.15, -0.1) is 10.2 Å². The smallest absolute Gasteiger partial charge is 0.338 e. The number of carbonyl (C=O) groups is 1. The molecule has 0 saturated carbocycles. The van der Waals surface area contributed by atoms with E-state index < -0.39 is 10.2 Å². The van der Waals surface area contributed by atoms with E-state index in [1.165, 1.54) is 33.3 Å². The Morgan fingerprint density at radius 2 is 1.64 bits per heavy atom. The SMILES string of the molecule is CCCCOC(=O)c1ccccc1C1=c2cc3c(cc2OC2C=C4C(=CC12)C(C)=CC(C)(C)N4CC)=[N+](CC)C(C)(C)C=C3C.[O-][Cl+3]([O-])([O-])[O-]. The molecular weight excluding hydrogens is 656 g/mol. The molecule has 3 heterocycles. The van der Waals surface area contributed by atoms with Crippen molar-refractivity contribution in [2.24, 2.45) is 5.92 Å². The second-order valence-corrected chi connectivity index (χ2v) is 15.1. The molecule has 268 valence electrons. The Bertz CT molecular complexity index is 1920. The van der Waals surface area contributed by atoms with Crippen molar-refractivity contribution in [1.29, 1.82) is 0 Å². The van der Waals surface area contributed by atoms with Gasteiger partial charge in [-0.05, 0) is 100 Å². The van der Waals surface area contributed by atoms with Gasteiger partial charge < -0.3 is 14.4 Å². The average Bonchev–Trinajstić information content (AvgIpc) is 3.01. The standard InChI is InChI=1S/C40H49N2O3.ClHO4/c1-10-13-18-44-38(43)28-17-15-14-16-27(28)37-31-19-29-25(4)23-39(6,7)41(11-2)33(29)21-35(31)45-36-22-34-30(20-32(36)37)26(5)24-40(8,9)42(34)12-3;2-1(3,4)5/h14-17,19-24,31,35H,10-13,18H2,1-9H3;(H,2,3,4,5)/q+1;/p-1. The molecule has 0 saturated heterocycles. The topological polar surface area (TPSA) is 134 Å². The first-order chi connectivity index (χ1) is 23.4. The van der Waals surface area contributed by atoms with Crippen LogP contribution in [0.5, 0.6) is 5.75 Å². The molecule has 0 bridgehead atoms. The maximum absolute atomic E-state index is 13.6. The number of benzene rings is 2. The van der Waals surface area contributed by atoms with Gasteiger partial charge in [0.25, 0.3) is 0 Å². The van der Waals surface area contributed by atoms with Crippen LogP contribution in [0.1, 0.15) is 96.6 Å². The summed E-state index contributed by atoms with van der Waals surface area (Å²) in [7, 11) is -4.94. The zero-order valence-electron chi connectivity index (χ0n) is 30.6. The normalized spacial score (nSPS) is 21.4. The summed E-state index contributed by atoms with van der Waals surface area (Å²) in [6.45, 7) is 22.3. The van der Waals surface area contributed by atoms with Gasteiger partial charge in [0.1, 0.15) is 18.4 Å². The number of hydrogen-bond acceptors (Lipinski definition) is 8. The summed E-state index contributed by atoms with van der Waals surface area (Å²) in [4.78, 5) is 16.1. The van der Waals surface area contributed by atoms with Gasteiger partial charge in [0.05, 0.1) is 23.8 Å². The highest BCUT2D eigenvalue weighted by Gasteiger charge is 2.42. The van der Waals surface area contributed by atoms with E-state index in [1.807, 2.05) is 18.2 Å². The predicted molar refractivity (Wildman–Crippen MR) is 184 cm³/mol. The number of nitrogens with zero attached hydrogens (tertiary/aromatic N) is 2. The van der Waals surface area contributed by atoms with Crippen LogP contribution >= 0.6 is 0 Å². The Labute approximate surface area is 297 Å². The average molecular weight is 705 g/mol. The van der Waals surface area contributed by atoms with Crippen molar-refractivity contribution in [3.05, 3.63) is 105 Å². The molecule has 0 fully saturated rings. The maximum atomic E-state index is 13.6. The Morgan fingerprint density at radius 1 is 0.960 bits per heavy atom. The number of halogens is 1. The van der Waals surface area contributed by atoms with Crippen LogP contribution in [0.3, 0.4) is 0 Å². The van der Waals surface area contributed by atoms with E-state index in [0.717, 1.165) is 48.0 Å². The van der Waals surface area contributed by atoms with Crippen molar-refractivity contribution in [3.63, 3.8) is 0 Å². The largest absolute Gasteiger partial charge is 0.484 e. The van der Waals surface area contributed by atoms with Crippen molar-refractivity contribution in [2.45, 2.75) is 92.3 Å². The molecule has 0 radical (unpaired) electrons. The van der Waals surface area contributed by atoms with Crippen LogP contribution in [0.4, 0.5) is 0 Å². The fourth-order valence-electron chi connectivity index (χ4n) is 8.13. The lowest BCUT2D eigenvalue weighted by Crippen LogP contribution is -2.68. The van der Waals surface area contributed by atoms with Gasteiger partial charge >= 0.3 is 5.97 Å². The molecule has 0 amide bonds. The third-order valence-corrected chi connectivity index (χ3v) is 10.0. The number of ether oxygens (including phenoxy) is 2. The van der Waals surface area contributed by atoms with Crippen molar-refractivity contribution >= 4 is 17.1 Å². The van der Waals surface area contributed by atoms with Crippen molar-refractivity contribution < 1.29 is 43.1 Å². The number of fused-ring (bicyclic) bond motifs is 4. The maximum Gasteiger partial charge on any atom is 0.338 e. The number of allylic oxidation sites excluding steroid dienone is 2. The minimum Gasteiger partial charge on any atom is -0.484 e. The molecule has 2 atom stereocenters. The number of rotatable bonds is 7. The Kier molecular flexibility index (Phi) is 10.6. The first-order valence-corrected chi connectivity index (χ1v) is 18.6. The van der Waals surface area contributed by atoms with Crippen molar-refractivity contribution in [3.8, 4) is 5.75 Å². The predicted octanol–water partition coefficient (Wildman–Crippen LogP) is 2.05. The van der Waals surface area contributed by atoms with Gasteiger partial charge in [0.15, 0.2) is 5.54 Å². The molecule has 3 aliphatic heterocycles. The molecule has 4 aliphatic rings. The Morgan fingerprint density at radius 3 is 2.28 bits per heavy atom. The third kappa shape index (κ3) is 7.34. The van der Waals surface area contributed by atoms with Gasteiger partial charge in [-0.25, -0.2) is 28.0 Å². The molecule has 0 aromatic heterocycles. The van der Waals surface area contributed by atoms with Crippen molar-refractivity contribution in [1.82, 2.24) is 9.48 Å². The Hall–Kier alpha value is -3.73. The van der Waals surface area contributed by atoms with Gasteiger partial charge in [0, 0.05) is 42.8 Å². The molecule has 10 heteroatoms. The number of carbonyl (C=O) groups excluding carboxylic acids is 1. The summed E-state index contributed by atoms with van der Waals surface area (Å²) in [6, 6.07) is 12.5. The third-order valence-electron chi connectivity index (χ3n) is 10.0. The number of esters is 1. The van der Waals surface area contributed by atoms with Crippen LogP contribution in [0.25, 0.3) is 11.1 Å². The fraction of sp³-hybridized carbons (Fsp3) is 0.450. The van der Waals surface area contributed by atoms with Gasteiger partial charge in [-0.1, -0.05) is 43.7 Å². The van der Waals surface area contributed by atoms with E-state index in [4.69, 9.17) is 28.1 Å². The molecule has 2 aromatic rings. The summed E-state index contributed by atoms with van der Waals surface area (Å²) in [5, 5.41) is 2.24. The minimum absolute atomic E-state index is 0.0752. The number of hydrogen-bond donors (Lipinski definition) is 0. The van der Waals surface area contributed by atoms with Crippen LogP contribution < -0.4 is 38.5 Å². The van der Waals surface area contributed by atoms with Crippen LogP contribution in [0.15, 0.2) is 77.5 Å². The molecule has 2 unspecified atom stereocenters. The summed E-state index contributed by atoms with van der Waals surface area (Å²) >= 11 is 0. The molecule has 0 spiro atoms. The van der Waals surface area contributed by atoms with E-state index in [0.29, 0.717) is 12.2 Å².